The van der Waals surface area contributed by atoms with Gasteiger partial charge >= 0.3 is 0 Å². The summed E-state index contributed by atoms with van der Waals surface area (Å²) in [6.45, 7) is 1.91. The third-order valence-corrected chi connectivity index (χ3v) is 2.82. The second kappa shape index (κ2) is 4.40. The Morgan fingerprint density at radius 2 is 2.33 bits per heavy atom. The molecule has 2 aromatic rings. The van der Waals surface area contributed by atoms with Gasteiger partial charge in [-0.15, -0.1) is 0 Å². The summed E-state index contributed by atoms with van der Waals surface area (Å²) in [6.07, 6.45) is 1.65. The summed E-state index contributed by atoms with van der Waals surface area (Å²) >= 11 is 1.57. The minimum Gasteiger partial charge on any atom is -0.440 e. The zero-order valence-electron chi connectivity index (χ0n) is 8.43. The molecule has 0 aliphatic carbocycles. The summed E-state index contributed by atoms with van der Waals surface area (Å²) in [5.41, 5.74) is 8.56. The van der Waals surface area contributed by atoms with Gasteiger partial charge in [-0.3, -0.25) is 0 Å². The lowest BCUT2D eigenvalue weighted by atomic mass is 10.2. The van der Waals surface area contributed by atoms with Crippen molar-refractivity contribution in [2.24, 2.45) is 0 Å². The number of hydrogen-bond donors (Lipinski definition) is 1. The highest BCUT2D eigenvalue weighted by molar-refractivity contribution is 7.98. The Labute approximate surface area is 92.7 Å². The fourth-order valence-electron chi connectivity index (χ4n) is 1.23. The van der Waals surface area contributed by atoms with E-state index < -0.39 is 0 Å². The largest absolute Gasteiger partial charge is 0.440 e. The van der Waals surface area contributed by atoms with Gasteiger partial charge < -0.3 is 10.2 Å². The van der Waals surface area contributed by atoms with Gasteiger partial charge in [0.05, 0.1) is 5.69 Å². The first kappa shape index (κ1) is 10.1. The van der Waals surface area contributed by atoms with Gasteiger partial charge in [0, 0.05) is 11.4 Å². The van der Waals surface area contributed by atoms with Crippen LogP contribution in [0.4, 0.5) is 5.69 Å². The molecule has 1 aromatic heterocycles. The number of aromatic nitrogens is 1. The SMILES string of the molecule is Cc1coc(SCc2cccc(N)c2)n1. The molecule has 15 heavy (non-hydrogen) atoms. The number of nitrogen functional groups attached to an aromatic ring is 1. The lowest BCUT2D eigenvalue weighted by Crippen LogP contribution is -1.86. The number of rotatable bonds is 3. The Hall–Kier alpha value is -1.42. The van der Waals surface area contributed by atoms with E-state index in [0.29, 0.717) is 5.22 Å². The van der Waals surface area contributed by atoms with Gasteiger partial charge in [-0.05, 0) is 24.6 Å². The molecule has 0 unspecified atom stereocenters. The van der Waals surface area contributed by atoms with Crippen molar-refractivity contribution in [1.82, 2.24) is 4.98 Å². The van der Waals surface area contributed by atoms with Gasteiger partial charge in [0.1, 0.15) is 6.26 Å². The fraction of sp³-hybridized carbons (Fsp3) is 0.182. The van der Waals surface area contributed by atoms with Crippen LogP contribution in [0, 0.1) is 6.92 Å². The number of anilines is 1. The average Bonchev–Trinajstić information content (AvgIpc) is 2.62. The Balaban J connectivity index is 1.99. The third kappa shape index (κ3) is 2.76. The van der Waals surface area contributed by atoms with Crippen molar-refractivity contribution < 1.29 is 4.42 Å². The van der Waals surface area contributed by atoms with Crippen LogP contribution in [0.5, 0.6) is 0 Å². The van der Waals surface area contributed by atoms with Crippen LogP contribution in [0.3, 0.4) is 0 Å². The van der Waals surface area contributed by atoms with E-state index >= 15 is 0 Å². The van der Waals surface area contributed by atoms with E-state index in [0.717, 1.165) is 17.1 Å². The molecule has 1 heterocycles. The van der Waals surface area contributed by atoms with Crippen LogP contribution in [0.2, 0.25) is 0 Å². The molecule has 0 saturated carbocycles. The number of oxazole rings is 1. The zero-order valence-corrected chi connectivity index (χ0v) is 9.25. The van der Waals surface area contributed by atoms with Crippen molar-refractivity contribution in [2.75, 3.05) is 5.73 Å². The van der Waals surface area contributed by atoms with Crippen molar-refractivity contribution in [1.29, 1.82) is 0 Å². The highest BCUT2D eigenvalue weighted by atomic mass is 32.2. The number of nitrogens with zero attached hydrogens (tertiary/aromatic N) is 1. The summed E-state index contributed by atoms with van der Waals surface area (Å²) in [5.74, 6) is 0.824. The molecule has 0 aliphatic rings. The normalized spacial score (nSPS) is 10.5. The number of benzene rings is 1. The van der Waals surface area contributed by atoms with E-state index in [-0.39, 0.29) is 0 Å². The van der Waals surface area contributed by atoms with Crippen molar-refractivity contribution in [2.45, 2.75) is 17.9 Å². The first-order valence-corrected chi connectivity index (χ1v) is 5.62. The molecule has 0 atom stereocenters. The molecule has 0 saturated heterocycles. The monoisotopic (exact) mass is 220 g/mol. The molecule has 0 bridgehead atoms. The van der Waals surface area contributed by atoms with Crippen LogP contribution in [-0.2, 0) is 5.75 Å². The van der Waals surface area contributed by atoms with Gasteiger partial charge in [-0.2, -0.15) is 0 Å². The fourth-order valence-corrected chi connectivity index (χ4v) is 2.02. The molecule has 3 nitrogen and oxygen atoms in total. The van der Waals surface area contributed by atoms with Gasteiger partial charge in [0.15, 0.2) is 0 Å². The molecule has 0 fully saturated rings. The summed E-state index contributed by atoms with van der Waals surface area (Å²) in [4.78, 5) is 4.21. The number of nitrogens with two attached hydrogens (primary N) is 1. The van der Waals surface area contributed by atoms with Crippen LogP contribution in [0.15, 0.2) is 40.2 Å². The smallest absolute Gasteiger partial charge is 0.256 e. The third-order valence-electron chi connectivity index (χ3n) is 1.91. The second-order valence-corrected chi connectivity index (χ2v) is 4.22. The van der Waals surface area contributed by atoms with Crippen LogP contribution >= 0.6 is 11.8 Å². The van der Waals surface area contributed by atoms with Crippen molar-refractivity contribution in [3.8, 4) is 0 Å². The second-order valence-electron chi connectivity index (χ2n) is 3.29. The van der Waals surface area contributed by atoms with Crippen LogP contribution in [0.1, 0.15) is 11.3 Å². The summed E-state index contributed by atoms with van der Waals surface area (Å²) < 4.78 is 5.24. The van der Waals surface area contributed by atoms with Gasteiger partial charge in [0.2, 0.25) is 0 Å². The summed E-state index contributed by atoms with van der Waals surface area (Å²) in [5, 5.41) is 0.704. The topological polar surface area (TPSA) is 52.0 Å². The van der Waals surface area contributed by atoms with E-state index in [2.05, 4.69) is 4.98 Å². The quantitative estimate of drug-likeness (QED) is 0.638. The Morgan fingerprint density at radius 1 is 1.47 bits per heavy atom. The Morgan fingerprint density at radius 3 is 3.00 bits per heavy atom. The first-order chi connectivity index (χ1) is 7.24. The molecule has 0 radical (unpaired) electrons. The van der Waals surface area contributed by atoms with Gasteiger partial charge in [-0.25, -0.2) is 4.98 Å². The van der Waals surface area contributed by atoms with E-state index in [4.69, 9.17) is 10.2 Å². The molecule has 2 N–H and O–H groups in total. The van der Waals surface area contributed by atoms with E-state index in [1.165, 1.54) is 5.56 Å². The predicted molar refractivity (Wildman–Crippen MR) is 61.7 cm³/mol. The molecule has 0 spiro atoms. The number of thioether (sulfide) groups is 1. The van der Waals surface area contributed by atoms with E-state index in [1.807, 2.05) is 31.2 Å². The minimum absolute atomic E-state index is 0.704. The van der Waals surface area contributed by atoms with Crippen LogP contribution < -0.4 is 5.73 Å². The zero-order chi connectivity index (χ0) is 10.7. The number of hydrogen-bond acceptors (Lipinski definition) is 4. The summed E-state index contributed by atoms with van der Waals surface area (Å²) in [6, 6.07) is 7.83. The van der Waals surface area contributed by atoms with Crippen molar-refractivity contribution in [3.05, 3.63) is 41.8 Å². The van der Waals surface area contributed by atoms with Gasteiger partial charge in [-0.1, -0.05) is 23.9 Å². The summed E-state index contributed by atoms with van der Waals surface area (Å²) in [7, 11) is 0. The highest BCUT2D eigenvalue weighted by Crippen LogP contribution is 2.22. The standard InChI is InChI=1S/C11H12N2OS/c1-8-6-14-11(13-8)15-7-9-3-2-4-10(12)5-9/h2-6H,7,12H2,1H3. The highest BCUT2D eigenvalue weighted by Gasteiger charge is 2.02. The lowest BCUT2D eigenvalue weighted by Gasteiger charge is -1.99. The van der Waals surface area contributed by atoms with Crippen molar-refractivity contribution in [3.63, 3.8) is 0 Å². The lowest BCUT2D eigenvalue weighted by molar-refractivity contribution is 0.454. The molecule has 4 heteroatoms. The molecule has 2 rings (SSSR count). The predicted octanol–water partition coefficient (Wildman–Crippen LogP) is 2.86. The molecule has 1 aromatic carbocycles. The molecular weight excluding hydrogens is 208 g/mol. The molecule has 0 amide bonds. The van der Waals surface area contributed by atoms with Crippen LogP contribution in [-0.4, -0.2) is 4.98 Å². The van der Waals surface area contributed by atoms with Crippen molar-refractivity contribution >= 4 is 17.4 Å². The Kier molecular flexibility index (Phi) is 2.97. The first-order valence-electron chi connectivity index (χ1n) is 4.63. The maximum absolute atomic E-state index is 5.68. The minimum atomic E-state index is 0.704. The molecule has 0 aliphatic heterocycles. The molecular formula is C11H12N2OS. The van der Waals surface area contributed by atoms with Crippen LogP contribution in [0.25, 0.3) is 0 Å². The maximum atomic E-state index is 5.68. The maximum Gasteiger partial charge on any atom is 0.256 e. The molecule has 78 valence electrons. The van der Waals surface area contributed by atoms with Gasteiger partial charge in [0.25, 0.3) is 5.22 Å². The van der Waals surface area contributed by atoms with E-state index in [9.17, 15) is 0 Å². The van der Waals surface area contributed by atoms with E-state index in [1.54, 1.807) is 18.0 Å². The number of aryl methyl sites for hydroxylation is 1. The Bertz CT molecular complexity index is 453. The average molecular weight is 220 g/mol.